The molecule has 0 bridgehead atoms. The summed E-state index contributed by atoms with van der Waals surface area (Å²) in [5, 5.41) is 7.36. The molecule has 1 aromatic carbocycles. The number of benzene rings is 1. The van der Waals surface area contributed by atoms with Crippen molar-refractivity contribution in [1.82, 2.24) is 14.9 Å². The summed E-state index contributed by atoms with van der Waals surface area (Å²) in [5.41, 5.74) is 1.55. The second-order valence-electron chi connectivity index (χ2n) is 4.78. The van der Waals surface area contributed by atoms with E-state index < -0.39 is 16.1 Å². The van der Waals surface area contributed by atoms with Gasteiger partial charge >= 0.3 is 0 Å². The zero-order valence-electron chi connectivity index (χ0n) is 12.6. The van der Waals surface area contributed by atoms with Gasteiger partial charge in [0.25, 0.3) is 0 Å². The number of hydrogen-bond donors (Lipinski definition) is 2. The Morgan fingerprint density at radius 3 is 2.55 bits per heavy atom. The van der Waals surface area contributed by atoms with E-state index in [4.69, 9.17) is 16.3 Å². The van der Waals surface area contributed by atoms with Gasteiger partial charge in [0.15, 0.2) is 0 Å². The predicted molar refractivity (Wildman–Crippen MR) is 84.7 cm³/mol. The molecule has 2 rings (SSSR count). The minimum atomic E-state index is -3.64. The highest BCUT2D eigenvalue weighted by atomic mass is 35.5. The van der Waals surface area contributed by atoms with Gasteiger partial charge in [-0.1, -0.05) is 18.5 Å². The first kappa shape index (κ1) is 16.8. The van der Waals surface area contributed by atoms with Gasteiger partial charge in [-0.15, -0.1) is 5.10 Å². The van der Waals surface area contributed by atoms with Gasteiger partial charge in [0, 0.05) is 10.6 Å². The summed E-state index contributed by atoms with van der Waals surface area (Å²) in [4.78, 5) is 0.160. The Labute approximate surface area is 134 Å². The lowest BCUT2D eigenvalue weighted by Crippen LogP contribution is -2.27. The Bertz CT molecular complexity index is 741. The molecule has 1 aromatic heterocycles. The molecule has 1 atom stereocenters. The molecule has 0 spiro atoms. The first-order chi connectivity index (χ1) is 10.4. The van der Waals surface area contributed by atoms with Gasteiger partial charge in [-0.25, -0.2) is 13.1 Å². The molecule has 6 nitrogen and oxygen atoms in total. The van der Waals surface area contributed by atoms with Crippen molar-refractivity contribution >= 4 is 21.6 Å². The van der Waals surface area contributed by atoms with Crippen LogP contribution in [0.3, 0.4) is 0 Å². The van der Waals surface area contributed by atoms with Crippen molar-refractivity contribution in [2.75, 3.05) is 7.11 Å². The lowest BCUT2D eigenvalue weighted by molar-refractivity contribution is 0.393. The fourth-order valence-electron chi connectivity index (χ4n) is 2.20. The van der Waals surface area contributed by atoms with Crippen LogP contribution in [0, 0.1) is 0 Å². The Hall–Kier alpha value is -1.57. The number of sulfonamides is 1. The van der Waals surface area contributed by atoms with Crippen molar-refractivity contribution in [3.05, 3.63) is 40.5 Å². The minimum absolute atomic E-state index is 0.160. The lowest BCUT2D eigenvalue weighted by Gasteiger charge is -2.14. The summed E-state index contributed by atoms with van der Waals surface area (Å²) in [6.45, 7) is 3.71. The lowest BCUT2D eigenvalue weighted by atomic mass is 10.1. The third-order valence-electron chi connectivity index (χ3n) is 3.30. The topological polar surface area (TPSA) is 84.1 Å². The van der Waals surface area contributed by atoms with E-state index in [1.807, 2.05) is 6.92 Å². The summed E-state index contributed by atoms with van der Waals surface area (Å²) in [6, 6.07) is 5.54. The molecule has 0 aliphatic rings. The normalized spacial score (nSPS) is 13.1. The third-order valence-corrected chi connectivity index (χ3v) is 5.11. The molecule has 1 heterocycles. The van der Waals surface area contributed by atoms with Crippen molar-refractivity contribution in [1.29, 1.82) is 0 Å². The number of aromatic amines is 1. The van der Waals surface area contributed by atoms with Crippen LogP contribution in [0.2, 0.25) is 5.02 Å². The molecule has 1 unspecified atom stereocenters. The standard InChI is InChI=1S/C14H18ClN3O3S/c1-4-12-13(16-17-14(12)21-3)9(2)18-22(19,20)11-7-5-10(15)6-8-11/h5-9,18H,4H2,1-3H3,(H,16,17). The van der Waals surface area contributed by atoms with E-state index in [0.29, 0.717) is 23.0 Å². The second-order valence-corrected chi connectivity index (χ2v) is 6.93. The van der Waals surface area contributed by atoms with Gasteiger partial charge in [0.05, 0.1) is 23.7 Å². The van der Waals surface area contributed by atoms with Crippen molar-refractivity contribution in [3.63, 3.8) is 0 Å². The molecule has 0 aliphatic heterocycles. The van der Waals surface area contributed by atoms with Gasteiger partial charge in [0.1, 0.15) is 0 Å². The van der Waals surface area contributed by atoms with Gasteiger partial charge in [-0.3, -0.25) is 5.10 Å². The van der Waals surface area contributed by atoms with E-state index in [-0.39, 0.29) is 4.90 Å². The van der Waals surface area contributed by atoms with Crippen molar-refractivity contribution in [2.24, 2.45) is 0 Å². The third kappa shape index (κ3) is 3.43. The average Bonchev–Trinajstić information content (AvgIpc) is 2.90. The maximum absolute atomic E-state index is 12.4. The van der Waals surface area contributed by atoms with Crippen molar-refractivity contribution < 1.29 is 13.2 Å². The van der Waals surface area contributed by atoms with Crippen LogP contribution < -0.4 is 9.46 Å². The molecule has 8 heteroatoms. The highest BCUT2D eigenvalue weighted by Crippen LogP contribution is 2.25. The number of aromatic nitrogens is 2. The average molecular weight is 344 g/mol. The molecule has 2 N–H and O–H groups in total. The zero-order chi connectivity index (χ0) is 16.3. The molecule has 0 amide bonds. The summed E-state index contributed by atoms with van der Waals surface area (Å²) in [7, 11) is -2.11. The van der Waals surface area contributed by atoms with Gasteiger partial charge < -0.3 is 4.74 Å². The smallest absolute Gasteiger partial charge is 0.241 e. The summed E-state index contributed by atoms with van der Waals surface area (Å²) in [6.07, 6.45) is 0.683. The van der Waals surface area contributed by atoms with Crippen LogP contribution in [0.1, 0.15) is 31.1 Å². The monoisotopic (exact) mass is 343 g/mol. The molecule has 0 saturated carbocycles. The predicted octanol–water partition coefficient (Wildman–Crippen LogP) is 2.67. The number of nitrogens with one attached hydrogen (secondary N) is 2. The van der Waals surface area contributed by atoms with Crippen LogP contribution in [0.5, 0.6) is 5.88 Å². The molecule has 0 radical (unpaired) electrons. The first-order valence-corrected chi connectivity index (χ1v) is 8.64. The van der Waals surface area contributed by atoms with E-state index in [0.717, 1.165) is 5.56 Å². The number of methoxy groups -OCH3 is 1. The highest BCUT2D eigenvalue weighted by Gasteiger charge is 2.23. The highest BCUT2D eigenvalue weighted by molar-refractivity contribution is 7.89. The van der Waals surface area contributed by atoms with Crippen LogP contribution >= 0.6 is 11.6 Å². The molecular formula is C14H18ClN3O3S. The maximum Gasteiger partial charge on any atom is 0.241 e. The molecule has 120 valence electrons. The quantitative estimate of drug-likeness (QED) is 0.844. The molecule has 22 heavy (non-hydrogen) atoms. The maximum atomic E-state index is 12.4. The number of rotatable bonds is 6. The first-order valence-electron chi connectivity index (χ1n) is 6.78. The number of nitrogens with zero attached hydrogens (tertiary/aromatic N) is 1. The fourth-order valence-corrected chi connectivity index (χ4v) is 3.54. The SMILES string of the molecule is CCc1c(OC)n[nH]c1C(C)NS(=O)(=O)c1ccc(Cl)cc1. The molecule has 0 saturated heterocycles. The van der Waals surface area contributed by atoms with Crippen molar-refractivity contribution in [3.8, 4) is 5.88 Å². The van der Waals surface area contributed by atoms with Gasteiger partial charge in [-0.2, -0.15) is 0 Å². The number of halogens is 1. The van der Waals surface area contributed by atoms with Crippen LogP contribution in [0.25, 0.3) is 0 Å². The van der Waals surface area contributed by atoms with Crippen LogP contribution in [0.15, 0.2) is 29.2 Å². The summed E-state index contributed by atoms with van der Waals surface area (Å²) < 4.78 is 32.6. The Morgan fingerprint density at radius 2 is 2.00 bits per heavy atom. The van der Waals surface area contributed by atoms with E-state index in [9.17, 15) is 8.42 Å². The van der Waals surface area contributed by atoms with E-state index in [1.165, 1.54) is 31.4 Å². The van der Waals surface area contributed by atoms with E-state index in [1.54, 1.807) is 6.92 Å². The van der Waals surface area contributed by atoms with Gasteiger partial charge in [0.2, 0.25) is 15.9 Å². The molecule has 0 aliphatic carbocycles. The van der Waals surface area contributed by atoms with Crippen molar-refractivity contribution in [2.45, 2.75) is 31.2 Å². The van der Waals surface area contributed by atoms with E-state index >= 15 is 0 Å². The Balaban J connectivity index is 2.26. The molecular weight excluding hydrogens is 326 g/mol. The van der Waals surface area contributed by atoms with Crippen LogP contribution in [-0.2, 0) is 16.4 Å². The number of H-pyrrole nitrogens is 1. The minimum Gasteiger partial charge on any atom is -0.480 e. The number of hydrogen-bond acceptors (Lipinski definition) is 4. The zero-order valence-corrected chi connectivity index (χ0v) is 14.1. The van der Waals surface area contributed by atoms with E-state index in [2.05, 4.69) is 14.9 Å². The summed E-state index contributed by atoms with van der Waals surface area (Å²) in [5.74, 6) is 0.482. The van der Waals surface area contributed by atoms with Crippen LogP contribution in [0.4, 0.5) is 0 Å². The second kappa shape index (κ2) is 6.68. The number of ether oxygens (including phenoxy) is 1. The Morgan fingerprint density at radius 1 is 1.36 bits per heavy atom. The van der Waals surface area contributed by atoms with Crippen LogP contribution in [-0.4, -0.2) is 25.7 Å². The Kier molecular flexibility index (Phi) is 5.10. The largest absolute Gasteiger partial charge is 0.480 e. The fraction of sp³-hybridized carbons (Fsp3) is 0.357. The summed E-state index contributed by atoms with van der Waals surface area (Å²) >= 11 is 5.78. The van der Waals surface area contributed by atoms with Gasteiger partial charge in [-0.05, 0) is 37.6 Å². The molecule has 2 aromatic rings. The molecule has 0 fully saturated rings.